The summed E-state index contributed by atoms with van der Waals surface area (Å²) < 4.78 is 3.86. The van der Waals surface area contributed by atoms with Crippen molar-refractivity contribution in [2.45, 2.75) is 29.7 Å². The van der Waals surface area contributed by atoms with Crippen LogP contribution in [0.3, 0.4) is 0 Å². The molecule has 2 N–H and O–H groups in total. The summed E-state index contributed by atoms with van der Waals surface area (Å²) in [5.74, 6) is 0. The van der Waals surface area contributed by atoms with Gasteiger partial charge in [0.05, 0.1) is 0 Å². The molecule has 0 aromatic heterocycles. The van der Waals surface area contributed by atoms with Gasteiger partial charge in [0.15, 0.2) is 0 Å². The molecule has 0 aromatic carbocycles. The summed E-state index contributed by atoms with van der Waals surface area (Å²) in [7, 11) is 0. The van der Waals surface area contributed by atoms with Crippen LogP contribution in [0.1, 0.15) is 19.8 Å². The van der Waals surface area contributed by atoms with Gasteiger partial charge < -0.3 is 10.5 Å². The predicted molar refractivity (Wildman–Crippen MR) is 61.2 cm³/mol. The van der Waals surface area contributed by atoms with Gasteiger partial charge in [-0.25, -0.2) is 0 Å². The molecule has 0 fully saturated rings. The van der Waals surface area contributed by atoms with E-state index in [9.17, 15) is 0 Å². The van der Waals surface area contributed by atoms with Crippen LogP contribution >= 0.6 is 47.2 Å². The fraction of sp³-hybridized carbons (Fsp3) is 1.00. The maximum absolute atomic E-state index is 5.60. The van der Waals surface area contributed by atoms with Crippen LogP contribution in [-0.4, -0.2) is 23.0 Å². The molecule has 1 atom stereocenters. The maximum atomic E-state index is 5.60. The molecule has 0 spiro atoms. The molecule has 0 saturated heterocycles. The van der Waals surface area contributed by atoms with E-state index >= 15 is 0 Å². The third kappa shape index (κ3) is 8.10. The van der Waals surface area contributed by atoms with Crippen LogP contribution in [0.4, 0.5) is 0 Å². The molecule has 0 bridgehead atoms. The SMILES string of the molecule is CCCCOC(CN)C(Cl)(Cl)Cl.Cl. The second kappa shape index (κ2) is 8.39. The first kappa shape index (κ1) is 16.5. The van der Waals surface area contributed by atoms with E-state index in [2.05, 4.69) is 6.92 Å². The van der Waals surface area contributed by atoms with Crippen LogP contribution in [0.25, 0.3) is 0 Å². The van der Waals surface area contributed by atoms with E-state index in [-0.39, 0.29) is 19.0 Å². The van der Waals surface area contributed by atoms with Crippen molar-refractivity contribution in [3.05, 3.63) is 0 Å². The zero-order valence-electron chi connectivity index (χ0n) is 7.43. The normalized spacial score (nSPS) is 13.6. The summed E-state index contributed by atoms with van der Waals surface area (Å²) in [6, 6.07) is 0. The van der Waals surface area contributed by atoms with Gasteiger partial charge in [-0.3, -0.25) is 0 Å². The number of unbranched alkanes of at least 4 members (excludes halogenated alkanes) is 1. The van der Waals surface area contributed by atoms with E-state index in [1.54, 1.807) is 0 Å². The van der Waals surface area contributed by atoms with E-state index in [0.29, 0.717) is 6.61 Å². The fourth-order valence-electron chi connectivity index (χ4n) is 0.666. The Morgan fingerprint density at radius 3 is 2.23 bits per heavy atom. The van der Waals surface area contributed by atoms with Gasteiger partial charge in [-0.1, -0.05) is 48.1 Å². The summed E-state index contributed by atoms with van der Waals surface area (Å²) in [6.45, 7) is 2.88. The molecular weight excluding hydrogens is 256 g/mol. The molecule has 0 aromatic rings. The highest BCUT2D eigenvalue weighted by Gasteiger charge is 2.31. The summed E-state index contributed by atoms with van der Waals surface area (Å²) in [6.07, 6.45) is 1.50. The van der Waals surface area contributed by atoms with E-state index in [1.807, 2.05) is 0 Å². The molecule has 0 aliphatic rings. The highest BCUT2D eigenvalue weighted by Crippen LogP contribution is 2.31. The first-order chi connectivity index (χ1) is 5.52. The van der Waals surface area contributed by atoms with Crippen molar-refractivity contribution < 1.29 is 4.74 Å². The Balaban J connectivity index is 0. The van der Waals surface area contributed by atoms with Crippen molar-refractivity contribution >= 4 is 47.2 Å². The maximum Gasteiger partial charge on any atom is 0.217 e. The molecule has 0 amide bonds. The monoisotopic (exact) mass is 269 g/mol. The minimum atomic E-state index is -1.41. The van der Waals surface area contributed by atoms with Crippen molar-refractivity contribution in [2.75, 3.05) is 13.2 Å². The van der Waals surface area contributed by atoms with Crippen LogP contribution in [0.2, 0.25) is 0 Å². The number of ether oxygens (including phenoxy) is 1. The largest absolute Gasteiger partial charge is 0.372 e. The Hall–Kier alpha value is 1.08. The van der Waals surface area contributed by atoms with Crippen LogP contribution in [0.5, 0.6) is 0 Å². The molecule has 0 heterocycles. The van der Waals surface area contributed by atoms with E-state index in [1.165, 1.54) is 0 Å². The van der Waals surface area contributed by atoms with Crippen molar-refractivity contribution in [2.24, 2.45) is 5.73 Å². The molecule has 2 nitrogen and oxygen atoms in total. The van der Waals surface area contributed by atoms with Crippen molar-refractivity contribution in [1.82, 2.24) is 0 Å². The molecule has 13 heavy (non-hydrogen) atoms. The van der Waals surface area contributed by atoms with Crippen molar-refractivity contribution in [3.63, 3.8) is 0 Å². The summed E-state index contributed by atoms with van der Waals surface area (Å²) in [5.41, 5.74) is 5.36. The Morgan fingerprint density at radius 2 is 1.92 bits per heavy atom. The smallest absolute Gasteiger partial charge is 0.217 e. The fourth-order valence-corrected chi connectivity index (χ4v) is 1.12. The zero-order chi connectivity index (χ0) is 9.61. The lowest BCUT2D eigenvalue weighted by Gasteiger charge is -2.22. The van der Waals surface area contributed by atoms with Crippen LogP contribution in [-0.2, 0) is 4.74 Å². The van der Waals surface area contributed by atoms with Gasteiger partial charge in [0, 0.05) is 13.2 Å². The highest BCUT2D eigenvalue weighted by atomic mass is 35.6. The summed E-state index contributed by atoms with van der Waals surface area (Å²) in [4.78, 5) is 0. The first-order valence-corrected chi connectivity index (χ1v) is 5.04. The van der Waals surface area contributed by atoms with Gasteiger partial charge in [-0.2, -0.15) is 0 Å². The van der Waals surface area contributed by atoms with E-state index in [0.717, 1.165) is 12.8 Å². The molecule has 0 radical (unpaired) electrons. The van der Waals surface area contributed by atoms with Gasteiger partial charge in [0.25, 0.3) is 0 Å². The zero-order valence-corrected chi connectivity index (χ0v) is 10.5. The molecule has 82 valence electrons. The van der Waals surface area contributed by atoms with Gasteiger partial charge in [-0.15, -0.1) is 12.4 Å². The predicted octanol–water partition coefficient (Wildman–Crippen LogP) is 2.92. The van der Waals surface area contributed by atoms with Crippen molar-refractivity contribution in [3.8, 4) is 0 Å². The third-order valence-corrected chi connectivity index (χ3v) is 2.13. The average Bonchev–Trinajstić information content (AvgIpc) is 1.95. The van der Waals surface area contributed by atoms with Crippen LogP contribution < -0.4 is 5.73 Å². The molecule has 6 heteroatoms. The van der Waals surface area contributed by atoms with Gasteiger partial charge >= 0.3 is 0 Å². The Morgan fingerprint density at radius 1 is 1.38 bits per heavy atom. The lowest BCUT2D eigenvalue weighted by Crippen LogP contribution is -2.36. The topological polar surface area (TPSA) is 35.2 Å². The molecule has 0 aliphatic carbocycles. The lowest BCUT2D eigenvalue weighted by molar-refractivity contribution is 0.0598. The molecular formula is C7H15Cl4NO. The number of nitrogens with two attached hydrogens (primary N) is 1. The Bertz CT molecular complexity index is 118. The van der Waals surface area contributed by atoms with Crippen LogP contribution in [0, 0.1) is 0 Å². The molecule has 0 saturated carbocycles. The second-order valence-corrected chi connectivity index (χ2v) is 4.86. The van der Waals surface area contributed by atoms with E-state index in [4.69, 9.17) is 45.3 Å². The lowest BCUT2D eigenvalue weighted by atomic mass is 10.3. The molecule has 0 rings (SSSR count). The Labute approximate surface area is 100 Å². The standard InChI is InChI=1S/C7H14Cl3NO.ClH/c1-2-3-4-12-6(5-11)7(8,9)10;/h6H,2-5,11H2,1H3;1H. The second-order valence-electron chi connectivity index (χ2n) is 2.49. The molecule has 0 aliphatic heterocycles. The number of hydrogen-bond donors (Lipinski definition) is 1. The minimum Gasteiger partial charge on any atom is -0.372 e. The first-order valence-electron chi connectivity index (χ1n) is 3.90. The van der Waals surface area contributed by atoms with Gasteiger partial charge in [0.2, 0.25) is 3.79 Å². The number of rotatable bonds is 5. The van der Waals surface area contributed by atoms with E-state index < -0.39 is 9.90 Å². The number of alkyl halides is 3. The minimum absolute atomic E-state index is 0. The van der Waals surface area contributed by atoms with Crippen LogP contribution in [0.15, 0.2) is 0 Å². The molecule has 1 unspecified atom stereocenters. The van der Waals surface area contributed by atoms with Gasteiger partial charge in [-0.05, 0) is 6.42 Å². The Kier molecular flexibility index (Phi) is 10.7. The number of halogens is 4. The van der Waals surface area contributed by atoms with Gasteiger partial charge in [0.1, 0.15) is 6.10 Å². The highest BCUT2D eigenvalue weighted by molar-refractivity contribution is 6.68. The number of hydrogen-bond acceptors (Lipinski definition) is 2. The van der Waals surface area contributed by atoms with Crippen molar-refractivity contribution in [1.29, 1.82) is 0 Å². The third-order valence-electron chi connectivity index (χ3n) is 1.40. The average molecular weight is 271 g/mol. The summed E-state index contributed by atoms with van der Waals surface area (Å²) >= 11 is 16.8. The quantitative estimate of drug-likeness (QED) is 0.616. The summed E-state index contributed by atoms with van der Waals surface area (Å²) in [5, 5.41) is 0.